The van der Waals surface area contributed by atoms with E-state index in [1.54, 1.807) is 0 Å². The second kappa shape index (κ2) is 5.65. The Labute approximate surface area is 128 Å². The first-order chi connectivity index (χ1) is 9.25. The van der Waals surface area contributed by atoms with Crippen molar-refractivity contribution in [2.75, 3.05) is 6.54 Å². The lowest BCUT2D eigenvalue weighted by molar-refractivity contribution is 0.310. The molecule has 0 fully saturated rings. The Morgan fingerprint density at radius 3 is 2.84 bits per heavy atom. The minimum Gasteiger partial charge on any atom is -0.350 e. The lowest BCUT2D eigenvalue weighted by Gasteiger charge is -2.36. The van der Waals surface area contributed by atoms with Crippen LogP contribution in [0.2, 0.25) is 0 Å². The largest absolute Gasteiger partial charge is 0.350 e. The maximum atomic E-state index is 5.31. The summed E-state index contributed by atoms with van der Waals surface area (Å²) >= 11 is 11.6. The number of fused-ring (bicyclic) bond motifs is 1. The lowest BCUT2D eigenvalue weighted by atomic mass is 9.94. The standard InChI is InChI=1S/C15H15NS3/c17-15(18)16-8-6-14-12(7-9-19-14)13(16)10-11-4-2-1-3-5-11/h1-5,7,9,13H,6,8,10H2,(H,17,18). The molecular weight excluding hydrogens is 290 g/mol. The second-order valence-corrected chi connectivity index (χ2v) is 6.84. The highest BCUT2D eigenvalue weighted by molar-refractivity contribution is 8.10. The van der Waals surface area contributed by atoms with Crippen LogP contribution in [0.1, 0.15) is 22.0 Å². The van der Waals surface area contributed by atoms with Crippen LogP contribution in [0, 0.1) is 0 Å². The van der Waals surface area contributed by atoms with Gasteiger partial charge in [0.15, 0.2) is 0 Å². The van der Waals surface area contributed by atoms with E-state index in [9.17, 15) is 0 Å². The van der Waals surface area contributed by atoms with Crippen LogP contribution < -0.4 is 0 Å². The van der Waals surface area contributed by atoms with Crippen molar-refractivity contribution in [2.45, 2.75) is 18.9 Å². The van der Waals surface area contributed by atoms with Crippen molar-refractivity contribution in [3.05, 3.63) is 57.8 Å². The minimum absolute atomic E-state index is 0.336. The molecule has 1 aliphatic rings. The van der Waals surface area contributed by atoms with Crippen LogP contribution >= 0.6 is 36.2 Å². The number of hydrogen-bond donors (Lipinski definition) is 1. The quantitative estimate of drug-likeness (QED) is 0.657. The summed E-state index contributed by atoms with van der Waals surface area (Å²) in [6, 6.07) is 13.2. The Kier molecular flexibility index (Phi) is 3.91. The average molecular weight is 305 g/mol. The number of hydrogen-bond acceptors (Lipinski definition) is 2. The molecule has 1 aromatic carbocycles. The molecule has 0 amide bonds. The van der Waals surface area contributed by atoms with Crippen molar-refractivity contribution < 1.29 is 0 Å². The van der Waals surface area contributed by atoms with Gasteiger partial charge in [-0.1, -0.05) is 42.5 Å². The van der Waals surface area contributed by atoms with Gasteiger partial charge in [-0.2, -0.15) is 0 Å². The van der Waals surface area contributed by atoms with E-state index in [1.165, 1.54) is 16.0 Å². The molecule has 2 aromatic rings. The molecule has 1 unspecified atom stereocenters. The highest BCUT2D eigenvalue weighted by Gasteiger charge is 2.28. The first kappa shape index (κ1) is 13.2. The van der Waals surface area contributed by atoms with Gasteiger partial charge in [0.25, 0.3) is 0 Å². The van der Waals surface area contributed by atoms with E-state index < -0.39 is 0 Å². The molecule has 1 nitrogen and oxygen atoms in total. The Morgan fingerprint density at radius 1 is 1.32 bits per heavy atom. The molecule has 19 heavy (non-hydrogen) atoms. The van der Waals surface area contributed by atoms with E-state index in [2.05, 4.69) is 59.3 Å². The van der Waals surface area contributed by atoms with Gasteiger partial charge in [-0.15, -0.1) is 24.0 Å². The van der Waals surface area contributed by atoms with E-state index >= 15 is 0 Å². The van der Waals surface area contributed by atoms with Gasteiger partial charge in [0.2, 0.25) is 0 Å². The zero-order chi connectivity index (χ0) is 13.2. The van der Waals surface area contributed by atoms with Crippen LogP contribution in [0.15, 0.2) is 41.8 Å². The van der Waals surface area contributed by atoms with E-state index in [0.29, 0.717) is 10.4 Å². The third-order valence-corrected chi connectivity index (χ3v) is 5.10. The van der Waals surface area contributed by atoms with Gasteiger partial charge in [-0.3, -0.25) is 0 Å². The van der Waals surface area contributed by atoms with Crippen LogP contribution in [-0.2, 0) is 12.8 Å². The molecule has 2 heterocycles. The van der Waals surface area contributed by atoms with Crippen LogP contribution in [0.3, 0.4) is 0 Å². The van der Waals surface area contributed by atoms with Gasteiger partial charge in [0, 0.05) is 11.4 Å². The van der Waals surface area contributed by atoms with E-state index in [1.807, 2.05) is 11.3 Å². The van der Waals surface area contributed by atoms with E-state index in [4.69, 9.17) is 12.2 Å². The van der Waals surface area contributed by atoms with Crippen molar-refractivity contribution in [3.8, 4) is 0 Å². The van der Waals surface area contributed by atoms with Gasteiger partial charge in [-0.25, -0.2) is 0 Å². The number of thiocarbonyl (C=S) groups is 1. The van der Waals surface area contributed by atoms with Gasteiger partial charge in [0.1, 0.15) is 4.32 Å². The maximum Gasteiger partial charge on any atom is 0.133 e. The Morgan fingerprint density at radius 2 is 2.11 bits per heavy atom. The van der Waals surface area contributed by atoms with E-state index in [0.717, 1.165) is 19.4 Å². The fourth-order valence-electron chi connectivity index (χ4n) is 2.68. The molecular formula is C15H15NS3. The van der Waals surface area contributed by atoms with Gasteiger partial charge in [-0.05, 0) is 35.4 Å². The molecule has 0 saturated heterocycles. The zero-order valence-corrected chi connectivity index (χ0v) is 13.0. The molecule has 0 N–H and O–H groups in total. The molecule has 0 bridgehead atoms. The first-order valence-corrected chi connectivity index (χ1v) is 8.09. The fraction of sp³-hybridized carbons (Fsp3) is 0.267. The van der Waals surface area contributed by atoms with Crippen LogP contribution in [0.5, 0.6) is 0 Å². The Bertz CT molecular complexity index is 576. The molecule has 1 atom stereocenters. The van der Waals surface area contributed by atoms with Crippen molar-refractivity contribution in [3.63, 3.8) is 0 Å². The van der Waals surface area contributed by atoms with Crippen LogP contribution in [0.25, 0.3) is 0 Å². The molecule has 3 rings (SSSR count). The molecule has 4 heteroatoms. The summed E-state index contributed by atoms with van der Waals surface area (Å²) < 4.78 is 0.706. The van der Waals surface area contributed by atoms with Crippen molar-refractivity contribution in [1.82, 2.24) is 4.90 Å². The minimum atomic E-state index is 0.336. The van der Waals surface area contributed by atoms with Gasteiger partial charge < -0.3 is 4.90 Å². The maximum absolute atomic E-state index is 5.31. The topological polar surface area (TPSA) is 3.24 Å². The van der Waals surface area contributed by atoms with E-state index in [-0.39, 0.29) is 0 Å². The predicted molar refractivity (Wildman–Crippen MR) is 89.2 cm³/mol. The molecule has 0 spiro atoms. The van der Waals surface area contributed by atoms with Crippen molar-refractivity contribution in [1.29, 1.82) is 0 Å². The first-order valence-electron chi connectivity index (χ1n) is 6.35. The summed E-state index contributed by atoms with van der Waals surface area (Å²) in [6.07, 6.45) is 2.07. The summed E-state index contributed by atoms with van der Waals surface area (Å²) in [5.74, 6) is 0. The SMILES string of the molecule is S=C(S)N1CCc2sccc2C1Cc1ccccc1. The molecule has 1 aromatic heterocycles. The number of thiophene rings is 1. The monoisotopic (exact) mass is 305 g/mol. The number of benzene rings is 1. The molecule has 0 aliphatic carbocycles. The normalized spacial score (nSPS) is 18.2. The van der Waals surface area contributed by atoms with Crippen LogP contribution in [0.4, 0.5) is 0 Å². The average Bonchev–Trinajstić information content (AvgIpc) is 2.88. The summed E-state index contributed by atoms with van der Waals surface area (Å²) in [5, 5.41) is 2.19. The third-order valence-electron chi connectivity index (χ3n) is 3.61. The Hall–Kier alpha value is -0.840. The summed E-state index contributed by atoms with van der Waals surface area (Å²) in [7, 11) is 0. The Balaban J connectivity index is 1.93. The molecule has 1 aliphatic heterocycles. The molecule has 98 valence electrons. The smallest absolute Gasteiger partial charge is 0.133 e. The van der Waals surface area contributed by atoms with Gasteiger partial charge in [0.05, 0.1) is 6.04 Å². The zero-order valence-electron chi connectivity index (χ0n) is 10.5. The highest BCUT2D eigenvalue weighted by Crippen LogP contribution is 2.36. The van der Waals surface area contributed by atoms with Crippen molar-refractivity contribution >= 4 is 40.5 Å². The predicted octanol–water partition coefficient (Wildman–Crippen LogP) is 4.10. The third kappa shape index (κ3) is 2.71. The van der Waals surface area contributed by atoms with Gasteiger partial charge >= 0.3 is 0 Å². The highest BCUT2D eigenvalue weighted by atomic mass is 32.1. The number of nitrogens with zero attached hydrogens (tertiary/aromatic N) is 1. The molecule has 0 saturated carbocycles. The second-order valence-electron chi connectivity index (χ2n) is 4.73. The van der Waals surface area contributed by atoms with Crippen LogP contribution in [-0.4, -0.2) is 15.8 Å². The summed E-state index contributed by atoms with van der Waals surface area (Å²) in [5.41, 5.74) is 2.78. The fourth-order valence-corrected chi connectivity index (χ4v) is 4.07. The lowest BCUT2D eigenvalue weighted by Crippen LogP contribution is -2.37. The van der Waals surface area contributed by atoms with Crippen molar-refractivity contribution in [2.24, 2.45) is 0 Å². The number of thiol groups is 1. The molecule has 0 radical (unpaired) electrons. The summed E-state index contributed by atoms with van der Waals surface area (Å²) in [4.78, 5) is 3.75. The number of rotatable bonds is 2. The summed E-state index contributed by atoms with van der Waals surface area (Å²) in [6.45, 7) is 0.980.